The smallest absolute Gasteiger partial charge is 0.292 e. The van der Waals surface area contributed by atoms with Gasteiger partial charge >= 0.3 is 0 Å². The Balaban J connectivity index is 1.94. The molecule has 21 heavy (non-hydrogen) atoms. The van der Waals surface area contributed by atoms with Crippen LogP contribution in [0.5, 0.6) is 5.75 Å². The SMILES string of the molecule is O=[N+]([O-])c1ccccc1NC1CCOc2ccc(Br)cc21. The summed E-state index contributed by atoms with van der Waals surface area (Å²) in [5.74, 6) is 0.820. The molecule has 2 aromatic carbocycles. The van der Waals surface area contributed by atoms with Gasteiger partial charge in [0.1, 0.15) is 11.4 Å². The summed E-state index contributed by atoms with van der Waals surface area (Å²) in [5, 5.41) is 14.4. The zero-order valence-corrected chi connectivity index (χ0v) is 12.7. The van der Waals surface area contributed by atoms with Crippen LogP contribution in [0.25, 0.3) is 0 Å². The topological polar surface area (TPSA) is 64.4 Å². The number of para-hydroxylation sites is 2. The van der Waals surface area contributed by atoms with Crippen molar-refractivity contribution in [1.29, 1.82) is 0 Å². The minimum Gasteiger partial charge on any atom is -0.493 e. The van der Waals surface area contributed by atoms with Gasteiger partial charge in [-0.3, -0.25) is 10.1 Å². The Bertz CT molecular complexity index is 690. The summed E-state index contributed by atoms with van der Waals surface area (Å²) in [6, 6.07) is 12.5. The monoisotopic (exact) mass is 348 g/mol. The first-order valence-electron chi connectivity index (χ1n) is 6.57. The first-order valence-corrected chi connectivity index (χ1v) is 7.36. The molecule has 1 N–H and O–H groups in total. The predicted molar refractivity (Wildman–Crippen MR) is 83.7 cm³/mol. The van der Waals surface area contributed by atoms with Crippen molar-refractivity contribution >= 4 is 27.3 Å². The molecule has 0 saturated heterocycles. The minimum absolute atomic E-state index is 0.00708. The normalized spacial score (nSPS) is 16.7. The van der Waals surface area contributed by atoms with Gasteiger partial charge in [-0.25, -0.2) is 0 Å². The largest absolute Gasteiger partial charge is 0.493 e. The van der Waals surface area contributed by atoms with E-state index in [2.05, 4.69) is 21.2 Å². The molecule has 1 aliphatic heterocycles. The van der Waals surface area contributed by atoms with Crippen molar-refractivity contribution in [3.63, 3.8) is 0 Å². The highest BCUT2D eigenvalue weighted by molar-refractivity contribution is 9.10. The summed E-state index contributed by atoms with van der Waals surface area (Å²) < 4.78 is 6.59. The minimum atomic E-state index is -0.372. The van der Waals surface area contributed by atoms with Crippen LogP contribution in [0.15, 0.2) is 46.9 Å². The predicted octanol–water partition coefficient (Wildman–Crippen LogP) is 4.29. The zero-order chi connectivity index (χ0) is 14.8. The van der Waals surface area contributed by atoms with E-state index in [0.29, 0.717) is 12.3 Å². The van der Waals surface area contributed by atoms with Crippen LogP contribution in [0.3, 0.4) is 0 Å². The van der Waals surface area contributed by atoms with Gasteiger partial charge in [-0.15, -0.1) is 0 Å². The van der Waals surface area contributed by atoms with Crippen LogP contribution in [-0.4, -0.2) is 11.5 Å². The number of nitrogens with one attached hydrogen (secondary N) is 1. The van der Waals surface area contributed by atoms with Crippen LogP contribution >= 0.6 is 15.9 Å². The van der Waals surface area contributed by atoms with E-state index in [1.165, 1.54) is 6.07 Å². The average molecular weight is 349 g/mol. The number of ether oxygens (including phenoxy) is 1. The molecule has 6 heteroatoms. The first kappa shape index (κ1) is 13.9. The van der Waals surface area contributed by atoms with E-state index in [9.17, 15) is 10.1 Å². The maximum Gasteiger partial charge on any atom is 0.292 e. The van der Waals surface area contributed by atoms with Crippen LogP contribution in [-0.2, 0) is 0 Å². The summed E-state index contributed by atoms with van der Waals surface area (Å²) in [6.45, 7) is 0.590. The van der Waals surface area contributed by atoms with Crippen LogP contribution in [0, 0.1) is 10.1 Å². The summed E-state index contributed by atoms with van der Waals surface area (Å²) >= 11 is 3.45. The second kappa shape index (κ2) is 5.73. The van der Waals surface area contributed by atoms with E-state index in [4.69, 9.17) is 4.74 Å². The highest BCUT2D eigenvalue weighted by Crippen LogP contribution is 2.37. The maximum atomic E-state index is 11.1. The van der Waals surface area contributed by atoms with Crippen molar-refractivity contribution in [2.75, 3.05) is 11.9 Å². The Morgan fingerprint density at radius 2 is 2.10 bits per heavy atom. The van der Waals surface area contributed by atoms with E-state index in [0.717, 1.165) is 22.2 Å². The van der Waals surface area contributed by atoms with Gasteiger partial charge < -0.3 is 10.1 Å². The van der Waals surface area contributed by atoms with Gasteiger partial charge in [-0.05, 0) is 24.3 Å². The number of rotatable bonds is 3. The lowest BCUT2D eigenvalue weighted by Gasteiger charge is -2.27. The van der Waals surface area contributed by atoms with Gasteiger partial charge in [0, 0.05) is 22.5 Å². The fraction of sp³-hybridized carbons (Fsp3) is 0.200. The lowest BCUT2D eigenvalue weighted by molar-refractivity contribution is -0.384. The molecule has 2 aromatic rings. The first-order chi connectivity index (χ1) is 10.1. The van der Waals surface area contributed by atoms with Gasteiger partial charge in [0.25, 0.3) is 5.69 Å². The summed E-state index contributed by atoms with van der Waals surface area (Å²) in [6.07, 6.45) is 0.759. The Morgan fingerprint density at radius 1 is 1.29 bits per heavy atom. The number of nitro groups is 1. The van der Waals surface area contributed by atoms with E-state index in [1.54, 1.807) is 18.2 Å². The van der Waals surface area contributed by atoms with Gasteiger partial charge in [0.05, 0.1) is 17.6 Å². The van der Waals surface area contributed by atoms with Gasteiger partial charge in [-0.1, -0.05) is 28.1 Å². The van der Waals surface area contributed by atoms with Gasteiger partial charge in [0.15, 0.2) is 0 Å². The standard InChI is InChI=1S/C15H13BrN2O3/c16-10-5-6-15-11(9-10)12(7-8-21-15)17-13-3-1-2-4-14(13)18(19)20/h1-6,9,12,17H,7-8H2. The fourth-order valence-corrected chi connectivity index (χ4v) is 2.84. The molecule has 0 fully saturated rings. The van der Waals surface area contributed by atoms with E-state index < -0.39 is 0 Å². The molecule has 0 amide bonds. The number of nitrogens with zero attached hydrogens (tertiary/aromatic N) is 1. The molecule has 5 nitrogen and oxygen atoms in total. The van der Waals surface area contributed by atoms with Crippen molar-refractivity contribution in [2.45, 2.75) is 12.5 Å². The quantitative estimate of drug-likeness (QED) is 0.663. The third kappa shape index (κ3) is 2.85. The van der Waals surface area contributed by atoms with Crippen molar-refractivity contribution in [2.24, 2.45) is 0 Å². The number of hydrogen-bond donors (Lipinski definition) is 1. The summed E-state index contributed by atoms with van der Waals surface area (Å²) in [7, 11) is 0. The molecule has 1 unspecified atom stereocenters. The number of fused-ring (bicyclic) bond motifs is 1. The Labute approximate surface area is 130 Å². The van der Waals surface area contributed by atoms with E-state index in [-0.39, 0.29) is 16.7 Å². The summed E-state index contributed by atoms with van der Waals surface area (Å²) in [5.41, 5.74) is 1.62. The third-order valence-corrected chi connectivity index (χ3v) is 3.94. The second-order valence-electron chi connectivity index (χ2n) is 4.79. The van der Waals surface area contributed by atoms with Crippen LogP contribution in [0.1, 0.15) is 18.0 Å². The molecule has 108 valence electrons. The lowest BCUT2D eigenvalue weighted by atomic mass is 10.00. The van der Waals surface area contributed by atoms with Crippen molar-refractivity contribution in [1.82, 2.24) is 0 Å². The van der Waals surface area contributed by atoms with Crippen molar-refractivity contribution in [3.8, 4) is 5.75 Å². The van der Waals surface area contributed by atoms with Gasteiger partial charge in [-0.2, -0.15) is 0 Å². The Morgan fingerprint density at radius 3 is 2.90 bits per heavy atom. The number of benzene rings is 2. The van der Waals surface area contributed by atoms with Crippen LogP contribution in [0.2, 0.25) is 0 Å². The molecule has 0 bridgehead atoms. The maximum absolute atomic E-state index is 11.1. The van der Waals surface area contributed by atoms with Crippen LogP contribution in [0.4, 0.5) is 11.4 Å². The molecule has 0 radical (unpaired) electrons. The van der Waals surface area contributed by atoms with E-state index >= 15 is 0 Å². The Kier molecular flexibility index (Phi) is 3.79. The molecule has 1 heterocycles. The second-order valence-corrected chi connectivity index (χ2v) is 5.71. The molecule has 0 saturated carbocycles. The molecule has 1 atom stereocenters. The molecular formula is C15H13BrN2O3. The molecule has 3 rings (SSSR count). The molecule has 0 aromatic heterocycles. The average Bonchev–Trinajstić information content (AvgIpc) is 2.48. The van der Waals surface area contributed by atoms with Gasteiger partial charge in [0.2, 0.25) is 0 Å². The van der Waals surface area contributed by atoms with Crippen LogP contribution < -0.4 is 10.1 Å². The van der Waals surface area contributed by atoms with Crippen molar-refractivity contribution in [3.05, 3.63) is 62.6 Å². The lowest BCUT2D eigenvalue weighted by Crippen LogP contribution is -2.20. The summed E-state index contributed by atoms with van der Waals surface area (Å²) in [4.78, 5) is 10.7. The van der Waals surface area contributed by atoms with Crippen molar-refractivity contribution < 1.29 is 9.66 Å². The number of nitro benzene ring substituents is 1. The molecular weight excluding hydrogens is 336 g/mol. The Hall–Kier alpha value is -2.08. The molecule has 0 spiro atoms. The third-order valence-electron chi connectivity index (χ3n) is 3.44. The fourth-order valence-electron chi connectivity index (χ4n) is 2.46. The zero-order valence-electron chi connectivity index (χ0n) is 11.1. The van der Waals surface area contributed by atoms with E-state index in [1.807, 2.05) is 18.2 Å². The highest BCUT2D eigenvalue weighted by atomic mass is 79.9. The molecule has 0 aliphatic carbocycles. The number of hydrogen-bond acceptors (Lipinski definition) is 4. The molecule has 1 aliphatic rings. The highest BCUT2D eigenvalue weighted by Gasteiger charge is 2.24. The number of halogens is 1. The number of anilines is 1.